The number of carbonyl (C=O) groups excluding carboxylic acids is 1. The number of aliphatic hydroxyl groups excluding tert-OH is 1. The summed E-state index contributed by atoms with van der Waals surface area (Å²) in [5, 5.41) is 17.2. The van der Waals surface area contributed by atoms with Gasteiger partial charge in [0.05, 0.1) is 12.1 Å². The Hall–Kier alpha value is -1.38. The molecular formula is C12H21N3O4S. The maximum Gasteiger partial charge on any atom is 0.268 e. The molecule has 0 aliphatic heterocycles. The lowest BCUT2D eigenvalue weighted by Gasteiger charge is -2.30. The zero-order valence-electron chi connectivity index (χ0n) is 11.9. The fraction of sp³-hybridized carbons (Fsp3) is 0.583. The van der Waals surface area contributed by atoms with Crippen LogP contribution < -0.4 is 10.5 Å². The third kappa shape index (κ3) is 3.38. The lowest BCUT2D eigenvalue weighted by molar-refractivity contribution is 0.0809. The van der Waals surface area contributed by atoms with E-state index in [0.29, 0.717) is 12.8 Å². The first kappa shape index (κ1) is 16.7. The van der Waals surface area contributed by atoms with E-state index in [1.54, 1.807) is 7.05 Å². The predicted molar refractivity (Wildman–Crippen MR) is 74.7 cm³/mol. The molecule has 0 radical (unpaired) electrons. The Morgan fingerprint density at radius 2 is 2.00 bits per heavy atom. The average molecular weight is 303 g/mol. The number of nitrogens with two attached hydrogens (primary N) is 1. The fourth-order valence-corrected chi connectivity index (χ4v) is 2.49. The largest absolute Gasteiger partial charge is 0.394 e. The molecule has 0 aliphatic carbocycles. The number of rotatable bonds is 6. The van der Waals surface area contributed by atoms with E-state index < -0.39 is 21.5 Å². The monoisotopic (exact) mass is 303 g/mol. The molecule has 8 heteroatoms. The van der Waals surface area contributed by atoms with E-state index in [1.807, 2.05) is 13.8 Å². The molecule has 1 amide bonds. The molecule has 0 bridgehead atoms. The third-order valence-electron chi connectivity index (χ3n) is 3.58. The highest BCUT2D eigenvalue weighted by Gasteiger charge is 2.29. The van der Waals surface area contributed by atoms with E-state index in [4.69, 9.17) is 5.14 Å². The van der Waals surface area contributed by atoms with Gasteiger partial charge in [-0.05, 0) is 18.9 Å². The zero-order valence-corrected chi connectivity index (χ0v) is 12.7. The van der Waals surface area contributed by atoms with Gasteiger partial charge in [0.1, 0.15) is 10.6 Å². The number of aliphatic hydroxyl groups is 1. The Labute approximate surface area is 118 Å². The molecule has 1 rings (SSSR count). The van der Waals surface area contributed by atoms with Gasteiger partial charge in [-0.3, -0.25) is 4.79 Å². The van der Waals surface area contributed by atoms with Gasteiger partial charge in [-0.2, -0.15) is 0 Å². The van der Waals surface area contributed by atoms with Crippen LogP contribution in [-0.2, 0) is 17.1 Å². The van der Waals surface area contributed by atoms with Crippen LogP contribution in [0.4, 0.5) is 0 Å². The summed E-state index contributed by atoms with van der Waals surface area (Å²) in [6.45, 7) is 3.54. The molecule has 0 saturated carbocycles. The number of nitrogens with one attached hydrogen (secondary N) is 1. The highest BCUT2D eigenvalue weighted by atomic mass is 32.2. The van der Waals surface area contributed by atoms with Crippen LogP contribution in [-0.4, -0.2) is 36.1 Å². The van der Waals surface area contributed by atoms with Crippen molar-refractivity contribution < 1.29 is 18.3 Å². The lowest BCUT2D eigenvalue weighted by atomic mass is 9.94. The minimum Gasteiger partial charge on any atom is -0.394 e. The summed E-state index contributed by atoms with van der Waals surface area (Å²) >= 11 is 0. The molecule has 20 heavy (non-hydrogen) atoms. The Kier molecular flexibility index (Phi) is 4.95. The molecule has 1 aromatic heterocycles. The van der Waals surface area contributed by atoms with Crippen LogP contribution in [0.25, 0.3) is 0 Å². The number of hydrogen-bond donors (Lipinski definition) is 3. The molecule has 0 fully saturated rings. The second-order valence-corrected chi connectivity index (χ2v) is 6.38. The minimum absolute atomic E-state index is 0.118. The van der Waals surface area contributed by atoms with Crippen molar-refractivity contribution in [1.82, 2.24) is 9.88 Å². The summed E-state index contributed by atoms with van der Waals surface area (Å²) in [5.74, 6) is -0.444. The minimum atomic E-state index is -3.85. The van der Waals surface area contributed by atoms with Gasteiger partial charge in [0.2, 0.25) is 10.0 Å². The van der Waals surface area contributed by atoms with E-state index in [-0.39, 0.29) is 17.2 Å². The van der Waals surface area contributed by atoms with Crippen LogP contribution in [0.15, 0.2) is 17.2 Å². The average Bonchev–Trinajstić information content (AvgIpc) is 2.78. The van der Waals surface area contributed by atoms with Crippen molar-refractivity contribution in [3.05, 3.63) is 18.0 Å². The number of nitrogens with zero attached hydrogens (tertiary/aromatic N) is 1. The van der Waals surface area contributed by atoms with E-state index in [0.717, 1.165) is 0 Å². The first-order chi connectivity index (χ1) is 9.19. The van der Waals surface area contributed by atoms with Crippen molar-refractivity contribution in [2.24, 2.45) is 12.2 Å². The zero-order chi connectivity index (χ0) is 15.6. The van der Waals surface area contributed by atoms with Crippen LogP contribution >= 0.6 is 0 Å². The van der Waals surface area contributed by atoms with Crippen LogP contribution in [0, 0.1) is 0 Å². The van der Waals surface area contributed by atoms with Crippen molar-refractivity contribution >= 4 is 15.9 Å². The highest BCUT2D eigenvalue weighted by molar-refractivity contribution is 7.89. The Balaban J connectivity index is 3.08. The first-order valence-electron chi connectivity index (χ1n) is 6.31. The van der Waals surface area contributed by atoms with E-state index in [9.17, 15) is 18.3 Å². The number of hydrogen-bond acceptors (Lipinski definition) is 4. The maximum absolute atomic E-state index is 12.2. The van der Waals surface area contributed by atoms with Gasteiger partial charge in [0.25, 0.3) is 5.91 Å². The standard InChI is InChI=1S/C12H21N3O4S/c1-4-12(5-2,8-16)14-11(17)10-6-9(7-15(10)3)20(13,18)19/h6-7,16H,4-5,8H2,1-3H3,(H,14,17)(H2,13,18,19). The van der Waals surface area contributed by atoms with Gasteiger partial charge in [-0.15, -0.1) is 0 Å². The number of aryl methyl sites for hydroxylation is 1. The topological polar surface area (TPSA) is 114 Å². The molecule has 0 saturated heterocycles. The molecule has 7 nitrogen and oxygen atoms in total. The Bertz CT molecular complexity index is 580. The van der Waals surface area contributed by atoms with Gasteiger partial charge >= 0.3 is 0 Å². The molecule has 0 spiro atoms. The summed E-state index contributed by atoms with van der Waals surface area (Å²) in [6, 6.07) is 1.22. The van der Waals surface area contributed by atoms with E-state index in [1.165, 1.54) is 16.8 Å². The van der Waals surface area contributed by atoms with Crippen molar-refractivity contribution in [2.75, 3.05) is 6.61 Å². The predicted octanol–water partition coefficient (Wildman–Crippen LogP) is -0.0466. The molecule has 114 valence electrons. The summed E-state index contributed by atoms with van der Waals surface area (Å²) in [7, 11) is -2.29. The smallest absolute Gasteiger partial charge is 0.268 e. The fourth-order valence-electron chi connectivity index (χ4n) is 1.91. The van der Waals surface area contributed by atoms with Crippen LogP contribution in [0.2, 0.25) is 0 Å². The number of primary sulfonamides is 1. The van der Waals surface area contributed by atoms with Gasteiger partial charge < -0.3 is 15.0 Å². The van der Waals surface area contributed by atoms with Crippen LogP contribution in [0.5, 0.6) is 0 Å². The molecule has 0 unspecified atom stereocenters. The summed E-state index contributed by atoms with van der Waals surface area (Å²) in [4.78, 5) is 12.1. The lowest BCUT2D eigenvalue weighted by Crippen LogP contribution is -2.50. The molecule has 4 N–H and O–H groups in total. The quantitative estimate of drug-likeness (QED) is 0.683. The van der Waals surface area contributed by atoms with Crippen LogP contribution in [0.3, 0.4) is 0 Å². The molecular weight excluding hydrogens is 282 g/mol. The third-order valence-corrected chi connectivity index (χ3v) is 4.46. The van der Waals surface area contributed by atoms with Crippen molar-refractivity contribution in [3.63, 3.8) is 0 Å². The summed E-state index contributed by atoms with van der Waals surface area (Å²) in [5.41, 5.74) is -0.530. The van der Waals surface area contributed by atoms with E-state index in [2.05, 4.69) is 5.32 Å². The Morgan fingerprint density at radius 1 is 1.45 bits per heavy atom. The molecule has 1 heterocycles. The SMILES string of the molecule is CCC(CC)(CO)NC(=O)c1cc(S(N)(=O)=O)cn1C. The van der Waals surface area contributed by atoms with Gasteiger partial charge in [-0.25, -0.2) is 13.6 Å². The highest BCUT2D eigenvalue weighted by Crippen LogP contribution is 2.17. The maximum atomic E-state index is 12.2. The van der Waals surface area contributed by atoms with Gasteiger partial charge in [-0.1, -0.05) is 13.8 Å². The number of amides is 1. The van der Waals surface area contributed by atoms with Crippen molar-refractivity contribution in [1.29, 1.82) is 0 Å². The molecule has 1 aromatic rings. The number of aromatic nitrogens is 1. The molecule has 0 aromatic carbocycles. The van der Waals surface area contributed by atoms with Gasteiger partial charge in [0, 0.05) is 13.2 Å². The van der Waals surface area contributed by atoms with E-state index >= 15 is 0 Å². The first-order valence-corrected chi connectivity index (χ1v) is 7.86. The Morgan fingerprint density at radius 3 is 2.35 bits per heavy atom. The van der Waals surface area contributed by atoms with Gasteiger partial charge in [0.15, 0.2) is 0 Å². The molecule has 0 atom stereocenters. The number of sulfonamides is 1. The summed E-state index contributed by atoms with van der Waals surface area (Å²) < 4.78 is 23.9. The number of carbonyl (C=O) groups is 1. The summed E-state index contributed by atoms with van der Waals surface area (Å²) in [6.07, 6.45) is 2.42. The normalized spacial score (nSPS) is 12.4. The van der Waals surface area contributed by atoms with Crippen molar-refractivity contribution in [2.45, 2.75) is 37.1 Å². The second kappa shape index (κ2) is 5.94. The second-order valence-electron chi connectivity index (χ2n) is 4.82. The van der Waals surface area contributed by atoms with Crippen molar-refractivity contribution in [3.8, 4) is 0 Å². The van der Waals surface area contributed by atoms with Crippen LogP contribution in [0.1, 0.15) is 37.2 Å². The molecule has 0 aliphatic rings.